The van der Waals surface area contributed by atoms with E-state index in [-0.39, 0.29) is 17.3 Å². The maximum Gasteiger partial charge on any atom is 0.340 e. The van der Waals surface area contributed by atoms with Crippen LogP contribution in [0.3, 0.4) is 0 Å². The Hall–Kier alpha value is -4.99. The van der Waals surface area contributed by atoms with E-state index >= 15 is 0 Å². The largest absolute Gasteiger partial charge is 0.493 e. The molecule has 2 heterocycles. The number of nitrogens with zero attached hydrogens (tertiary/aromatic N) is 5. The Morgan fingerprint density at radius 2 is 1.81 bits per heavy atom. The van der Waals surface area contributed by atoms with E-state index in [2.05, 4.69) is 42.4 Å². The standard InChI is InChI=1S/C26H22N6O4/c1-35-20-13-12-17(21(25(33)34)23(20)36-2)14-27-30-26-28-24-22(29-31-26)18-10-6-7-11-19(18)32(24)15-16-8-4-3-5-9-16/h3-14H,15H2,1-2H3,(H,33,34)(H,28,30,31). The molecular weight excluding hydrogens is 460 g/mol. The highest BCUT2D eigenvalue weighted by Gasteiger charge is 2.20. The van der Waals surface area contributed by atoms with Crippen LogP contribution in [0, 0.1) is 0 Å². The Balaban J connectivity index is 1.51. The van der Waals surface area contributed by atoms with Gasteiger partial charge in [0.1, 0.15) is 11.1 Å². The van der Waals surface area contributed by atoms with Crippen molar-refractivity contribution < 1.29 is 19.4 Å². The van der Waals surface area contributed by atoms with E-state index in [0.29, 0.717) is 29.0 Å². The van der Waals surface area contributed by atoms with Gasteiger partial charge in [-0.3, -0.25) is 0 Å². The second kappa shape index (κ2) is 9.71. The van der Waals surface area contributed by atoms with Gasteiger partial charge in [0, 0.05) is 17.5 Å². The molecule has 0 unspecified atom stereocenters. The van der Waals surface area contributed by atoms with E-state index in [9.17, 15) is 9.90 Å². The average molecular weight is 483 g/mol. The molecule has 36 heavy (non-hydrogen) atoms. The molecule has 5 aromatic rings. The number of para-hydroxylation sites is 1. The summed E-state index contributed by atoms with van der Waals surface area (Å²) in [6.45, 7) is 0.611. The summed E-state index contributed by atoms with van der Waals surface area (Å²) in [5, 5.41) is 23.4. The van der Waals surface area contributed by atoms with Crippen LogP contribution in [0.25, 0.3) is 22.1 Å². The van der Waals surface area contributed by atoms with Gasteiger partial charge in [0.2, 0.25) is 0 Å². The molecule has 0 aliphatic rings. The van der Waals surface area contributed by atoms with Gasteiger partial charge in [0.15, 0.2) is 17.1 Å². The lowest BCUT2D eigenvalue weighted by Crippen LogP contribution is -2.08. The molecule has 0 saturated carbocycles. The molecule has 0 aliphatic carbocycles. The van der Waals surface area contributed by atoms with E-state index in [1.54, 1.807) is 12.1 Å². The number of hydrazone groups is 1. The number of carboxylic acid groups (broad SMARTS) is 1. The van der Waals surface area contributed by atoms with Gasteiger partial charge in [-0.05, 0) is 23.8 Å². The minimum atomic E-state index is -1.17. The number of fused-ring (bicyclic) bond motifs is 3. The first-order valence-electron chi connectivity index (χ1n) is 11.0. The van der Waals surface area contributed by atoms with Gasteiger partial charge < -0.3 is 19.1 Å². The Morgan fingerprint density at radius 3 is 2.56 bits per heavy atom. The van der Waals surface area contributed by atoms with Crippen molar-refractivity contribution in [1.29, 1.82) is 0 Å². The number of nitrogens with one attached hydrogen (secondary N) is 1. The SMILES string of the molecule is COc1ccc(C=NNc2nnc3c4ccccc4n(Cc4ccccc4)c3n2)c(C(=O)O)c1OC. The van der Waals surface area contributed by atoms with Crippen molar-refractivity contribution in [2.75, 3.05) is 19.6 Å². The van der Waals surface area contributed by atoms with Crippen LogP contribution in [0.1, 0.15) is 21.5 Å². The number of benzene rings is 3. The fourth-order valence-corrected chi connectivity index (χ4v) is 4.11. The molecule has 0 bridgehead atoms. The van der Waals surface area contributed by atoms with Crippen LogP contribution < -0.4 is 14.9 Å². The number of aromatic carboxylic acids is 1. The molecule has 2 aromatic heterocycles. The first kappa shape index (κ1) is 22.8. The molecular formula is C26H22N6O4. The lowest BCUT2D eigenvalue weighted by atomic mass is 10.1. The van der Waals surface area contributed by atoms with Gasteiger partial charge in [0.25, 0.3) is 5.95 Å². The van der Waals surface area contributed by atoms with Crippen LogP contribution in [0.15, 0.2) is 71.8 Å². The molecule has 0 spiro atoms. The number of carbonyl (C=O) groups is 1. The molecule has 5 rings (SSSR count). The molecule has 0 saturated heterocycles. The number of hydrogen-bond donors (Lipinski definition) is 2. The van der Waals surface area contributed by atoms with E-state index < -0.39 is 5.97 Å². The Bertz CT molecular complexity index is 1600. The molecule has 0 fully saturated rings. The van der Waals surface area contributed by atoms with Crippen LogP contribution in [0.5, 0.6) is 11.5 Å². The van der Waals surface area contributed by atoms with Crippen molar-refractivity contribution in [3.63, 3.8) is 0 Å². The van der Waals surface area contributed by atoms with E-state index in [0.717, 1.165) is 16.5 Å². The molecule has 0 aliphatic heterocycles. The van der Waals surface area contributed by atoms with Crippen molar-refractivity contribution in [3.8, 4) is 11.5 Å². The lowest BCUT2D eigenvalue weighted by molar-refractivity contribution is 0.0692. The minimum Gasteiger partial charge on any atom is -0.493 e. The molecule has 180 valence electrons. The zero-order chi connectivity index (χ0) is 25.1. The summed E-state index contributed by atoms with van der Waals surface area (Å²) < 4.78 is 12.5. The maximum absolute atomic E-state index is 11.9. The summed E-state index contributed by atoms with van der Waals surface area (Å²) in [6.07, 6.45) is 1.36. The summed E-state index contributed by atoms with van der Waals surface area (Å²) in [5.74, 6) is -0.576. The van der Waals surface area contributed by atoms with Crippen LogP contribution in [-0.4, -0.2) is 51.3 Å². The molecule has 3 aromatic carbocycles. The van der Waals surface area contributed by atoms with Crippen molar-refractivity contribution in [2.45, 2.75) is 6.54 Å². The summed E-state index contributed by atoms with van der Waals surface area (Å²) in [7, 11) is 2.82. The predicted molar refractivity (Wildman–Crippen MR) is 136 cm³/mol. The molecule has 0 radical (unpaired) electrons. The molecule has 10 nitrogen and oxygen atoms in total. The summed E-state index contributed by atoms with van der Waals surface area (Å²) in [6, 6.07) is 21.2. The van der Waals surface area contributed by atoms with Crippen LogP contribution in [0.4, 0.5) is 5.95 Å². The number of aromatic nitrogens is 4. The minimum absolute atomic E-state index is 0.0696. The highest BCUT2D eigenvalue weighted by Crippen LogP contribution is 2.33. The van der Waals surface area contributed by atoms with Crippen LogP contribution in [0.2, 0.25) is 0 Å². The topological polar surface area (TPSA) is 124 Å². The Morgan fingerprint density at radius 1 is 1.03 bits per heavy atom. The quantitative estimate of drug-likeness (QED) is 0.249. The second-order valence-corrected chi connectivity index (χ2v) is 7.84. The number of anilines is 1. The first-order chi connectivity index (χ1) is 17.6. The second-order valence-electron chi connectivity index (χ2n) is 7.84. The summed E-state index contributed by atoms with van der Waals surface area (Å²) in [5.41, 5.74) is 6.47. The Kier molecular flexibility index (Phi) is 6.14. The highest BCUT2D eigenvalue weighted by atomic mass is 16.5. The van der Waals surface area contributed by atoms with Crippen LogP contribution in [-0.2, 0) is 6.54 Å². The van der Waals surface area contributed by atoms with Crippen molar-refractivity contribution in [2.24, 2.45) is 5.10 Å². The first-order valence-corrected chi connectivity index (χ1v) is 11.0. The maximum atomic E-state index is 11.9. The van der Waals surface area contributed by atoms with E-state index in [1.807, 2.05) is 42.5 Å². The van der Waals surface area contributed by atoms with Gasteiger partial charge in [0.05, 0.1) is 26.0 Å². The van der Waals surface area contributed by atoms with Crippen LogP contribution >= 0.6 is 0 Å². The smallest absolute Gasteiger partial charge is 0.340 e. The summed E-state index contributed by atoms with van der Waals surface area (Å²) >= 11 is 0. The number of rotatable bonds is 8. The third-order valence-corrected chi connectivity index (χ3v) is 5.72. The normalized spacial score (nSPS) is 11.3. The van der Waals surface area contributed by atoms with E-state index in [1.165, 1.54) is 20.4 Å². The van der Waals surface area contributed by atoms with Gasteiger partial charge in [-0.15, -0.1) is 10.2 Å². The van der Waals surface area contributed by atoms with Crippen molar-refractivity contribution >= 4 is 40.2 Å². The lowest BCUT2D eigenvalue weighted by Gasteiger charge is -2.12. The van der Waals surface area contributed by atoms with Crippen molar-refractivity contribution in [1.82, 2.24) is 19.7 Å². The number of hydrogen-bond acceptors (Lipinski definition) is 8. The zero-order valence-corrected chi connectivity index (χ0v) is 19.5. The molecule has 0 amide bonds. The molecule has 0 atom stereocenters. The number of ether oxygens (including phenoxy) is 2. The number of methoxy groups -OCH3 is 2. The number of carboxylic acids is 1. The Labute approximate surface area is 205 Å². The van der Waals surface area contributed by atoms with Gasteiger partial charge in [-0.1, -0.05) is 48.5 Å². The predicted octanol–water partition coefficient (Wildman–Crippen LogP) is 4.19. The zero-order valence-electron chi connectivity index (χ0n) is 19.5. The van der Waals surface area contributed by atoms with E-state index in [4.69, 9.17) is 9.47 Å². The molecule has 2 N–H and O–H groups in total. The van der Waals surface area contributed by atoms with Gasteiger partial charge >= 0.3 is 5.97 Å². The fourth-order valence-electron chi connectivity index (χ4n) is 4.11. The van der Waals surface area contributed by atoms with Gasteiger partial charge in [-0.25, -0.2) is 10.2 Å². The highest BCUT2D eigenvalue weighted by molar-refractivity contribution is 6.04. The monoisotopic (exact) mass is 482 g/mol. The molecule has 10 heteroatoms. The van der Waals surface area contributed by atoms with Gasteiger partial charge in [-0.2, -0.15) is 10.1 Å². The van der Waals surface area contributed by atoms with Crippen molar-refractivity contribution in [3.05, 3.63) is 83.4 Å². The fraction of sp³-hybridized carbons (Fsp3) is 0.115. The summed E-state index contributed by atoms with van der Waals surface area (Å²) in [4.78, 5) is 16.5. The third kappa shape index (κ3) is 4.16. The average Bonchev–Trinajstić information content (AvgIpc) is 3.21. The third-order valence-electron chi connectivity index (χ3n) is 5.72.